The first-order valence-corrected chi connectivity index (χ1v) is 12.1. The lowest BCUT2D eigenvalue weighted by molar-refractivity contribution is 0.160. The van der Waals surface area contributed by atoms with Gasteiger partial charge >= 0.3 is 0 Å². The molecular formula is C25H33N5O6. The third-order valence-corrected chi connectivity index (χ3v) is 6.37. The summed E-state index contributed by atoms with van der Waals surface area (Å²) >= 11 is 0. The smallest absolute Gasteiger partial charge is 0.189 e. The SMILES string of the molecule is O=c1ccc(O)c2c(O)c3c(=NCCCN(CCO)CCO)ccc4c3c([nH]n4CCNCCO)c12. The lowest BCUT2D eigenvalue weighted by Crippen LogP contribution is -2.31. The Hall–Kier alpha value is -3.22. The number of aromatic amines is 1. The van der Waals surface area contributed by atoms with E-state index in [0.717, 1.165) is 5.52 Å². The number of H-pyrrole nitrogens is 1. The zero-order valence-electron chi connectivity index (χ0n) is 20.1. The van der Waals surface area contributed by atoms with Crippen molar-refractivity contribution in [3.05, 3.63) is 39.8 Å². The highest BCUT2D eigenvalue weighted by atomic mass is 16.3. The second-order valence-corrected chi connectivity index (χ2v) is 8.67. The first kappa shape index (κ1) is 25.9. The normalized spacial score (nSPS) is 12.7. The number of aliphatic hydroxyl groups is 3. The molecule has 1 aromatic heterocycles. The van der Waals surface area contributed by atoms with E-state index in [4.69, 9.17) is 10.1 Å². The van der Waals surface area contributed by atoms with Gasteiger partial charge in [0.15, 0.2) is 5.43 Å². The van der Waals surface area contributed by atoms with E-state index < -0.39 is 0 Å². The van der Waals surface area contributed by atoms with Crippen LogP contribution in [0.15, 0.2) is 34.1 Å². The van der Waals surface area contributed by atoms with Crippen LogP contribution in [0.4, 0.5) is 0 Å². The Morgan fingerprint density at radius 2 is 1.67 bits per heavy atom. The summed E-state index contributed by atoms with van der Waals surface area (Å²) in [6.07, 6.45) is 0.682. The summed E-state index contributed by atoms with van der Waals surface area (Å²) < 4.78 is 1.87. The summed E-state index contributed by atoms with van der Waals surface area (Å²) in [4.78, 5) is 19.5. The summed E-state index contributed by atoms with van der Waals surface area (Å²) in [5.74, 6) is -0.381. The van der Waals surface area contributed by atoms with Gasteiger partial charge in [-0.3, -0.25) is 24.5 Å². The zero-order valence-corrected chi connectivity index (χ0v) is 20.1. The first-order chi connectivity index (χ1) is 17.5. The Bertz CT molecular complexity index is 1440. The molecule has 0 radical (unpaired) electrons. The van der Waals surface area contributed by atoms with Crippen LogP contribution in [0.1, 0.15) is 6.42 Å². The molecule has 0 atom stereocenters. The maximum atomic E-state index is 12.8. The number of nitrogens with zero attached hydrogens (tertiary/aromatic N) is 3. The van der Waals surface area contributed by atoms with Crippen LogP contribution in [0.25, 0.3) is 32.6 Å². The fourth-order valence-electron chi connectivity index (χ4n) is 4.73. The zero-order chi connectivity index (χ0) is 25.7. The Morgan fingerprint density at radius 3 is 2.39 bits per heavy atom. The molecule has 11 heteroatoms. The van der Waals surface area contributed by atoms with E-state index in [1.54, 1.807) is 0 Å². The van der Waals surface area contributed by atoms with Gasteiger partial charge in [0.1, 0.15) is 11.5 Å². The molecule has 7 N–H and O–H groups in total. The summed E-state index contributed by atoms with van der Waals surface area (Å²) in [5.41, 5.74) is 0.982. The quantitative estimate of drug-likeness (QED) is 0.0968. The average Bonchev–Trinajstić information content (AvgIpc) is 3.23. The highest BCUT2D eigenvalue weighted by Gasteiger charge is 2.22. The van der Waals surface area contributed by atoms with Gasteiger partial charge in [0, 0.05) is 44.7 Å². The number of rotatable bonds is 13. The molecule has 11 nitrogen and oxygen atoms in total. The van der Waals surface area contributed by atoms with Gasteiger partial charge < -0.3 is 30.8 Å². The molecule has 0 aliphatic heterocycles. The molecule has 0 saturated carbocycles. The Balaban J connectivity index is 1.81. The van der Waals surface area contributed by atoms with E-state index in [2.05, 4.69) is 10.4 Å². The minimum atomic E-state index is -0.316. The molecule has 4 rings (SSSR count). The third-order valence-electron chi connectivity index (χ3n) is 6.37. The van der Waals surface area contributed by atoms with Crippen LogP contribution in [-0.2, 0) is 6.54 Å². The number of nitrogens with one attached hydrogen (secondary N) is 2. The van der Waals surface area contributed by atoms with E-state index >= 15 is 0 Å². The van der Waals surface area contributed by atoms with Crippen molar-refractivity contribution in [2.75, 3.05) is 59.1 Å². The van der Waals surface area contributed by atoms with Gasteiger partial charge in [-0.25, -0.2) is 0 Å². The summed E-state index contributed by atoms with van der Waals surface area (Å²) in [6.45, 7) is 3.66. The number of hydrogen-bond donors (Lipinski definition) is 7. The molecule has 0 spiro atoms. The Kier molecular flexibility index (Phi) is 8.39. The molecule has 4 aromatic rings. The van der Waals surface area contributed by atoms with Gasteiger partial charge in [-0.15, -0.1) is 0 Å². The summed E-state index contributed by atoms with van der Waals surface area (Å²) in [5, 5.41) is 57.6. The fraction of sp³-hybridized carbons (Fsp3) is 0.440. The first-order valence-electron chi connectivity index (χ1n) is 12.1. The monoisotopic (exact) mass is 499 g/mol. The van der Waals surface area contributed by atoms with E-state index in [-0.39, 0.29) is 47.5 Å². The van der Waals surface area contributed by atoms with Crippen molar-refractivity contribution in [2.24, 2.45) is 4.99 Å². The van der Waals surface area contributed by atoms with Crippen LogP contribution in [0.3, 0.4) is 0 Å². The second-order valence-electron chi connectivity index (χ2n) is 8.67. The topological polar surface area (TPSA) is 167 Å². The van der Waals surface area contributed by atoms with Gasteiger partial charge in [-0.05, 0) is 30.7 Å². The average molecular weight is 500 g/mol. The maximum absolute atomic E-state index is 12.8. The second kappa shape index (κ2) is 11.7. The van der Waals surface area contributed by atoms with Gasteiger partial charge in [0.05, 0.1) is 58.9 Å². The molecule has 3 aromatic carbocycles. The molecule has 0 amide bonds. The number of aromatic nitrogens is 2. The summed E-state index contributed by atoms with van der Waals surface area (Å²) in [6, 6.07) is 6.27. The van der Waals surface area contributed by atoms with E-state index in [1.165, 1.54) is 12.1 Å². The van der Waals surface area contributed by atoms with Crippen LogP contribution < -0.4 is 16.1 Å². The molecule has 36 heavy (non-hydrogen) atoms. The van der Waals surface area contributed by atoms with Crippen LogP contribution in [0, 0.1) is 0 Å². The van der Waals surface area contributed by atoms with Crippen LogP contribution in [0.5, 0.6) is 11.5 Å². The minimum Gasteiger partial charge on any atom is -0.507 e. The lowest BCUT2D eigenvalue weighted by Gasteiger charge is -2.19. The standard InChI is InChI=1S/C25H33N5O6/c31-13-8-26-7-10-30-17-3-2-16(27-6-1-9-29(11-14-32)12-15-33)20-21(17)24(28-30)22-18(34)4-5-19(35)23(22)25(20)36/h2-5,26,28,31-33,35-36H,1,6-15H2. The Labute approximate surface area is 206 Å². The molecule has 1 heterocycles. The van der Waals surface area contributed by atoms with Crippen molar-refractivity contribution in [1.82, 2.24) is 20.0 Å². The number of aromatic hydroxyl groups is 2. The summed E-state index contributed by atoms with van der Waals surface area (Å²) in [7, 11) is 0. The molecule has 0 fully saturated rings. The maximum Gasteiger partial charge on any atom is 0.189 e. The van der Waals surface area contributed by atoms with Gasteiger partial charge in [-0.1, -0.05) is 0 Å². The number of benzene rings is 3. The molecule has 0 unspecified atom stereocenters. The highest BCUT2D eigenvalue weighted by molar-refractivity contribution is 6.23. The van der Waals surface area contributed by atoms with Crippen molar-refractivity contribution in [3.8, 4) is 11.5 Å². The van der Waals surface area contributed by atoms with E-state index in [0.29, 0.717) is 73.9 Å². The largest absolute Gasteiger partial charge is 0.507 e. The van der Waals surface area contributed by atoms with Crippen LogP contribution in [0.2, 0.25) is 0 Å². The lowest BCUT2D eigenvalue weighted by atomic mass is 9.99. The van der Waals surface area contributed by atoms with Crippen LogP contribution in [-0.4, -0.2) is 99.3 Å². The number of phenols is 2. The van der Waals surface area contributed by atoms with Gasteiger partial charge in [0.25, 0.3) is 0 Å². The number of phenolic OH excluding ortho intramolecular Hbond substituents is 2. The van der Waals surface area contributed by atoms with Crippen LogP contribution >= 0.6 is 0 Å². The van der Waals surface area contributed by atoms with Crippen molar-refractivity contribution >= 4 is 32.6 Å². The minimum absolute atomic E-state index is 0.0111. The predicted octanol–water partition coefficient (Wildman–Crippen LogP) is -0.356. The molecule has 194 valence electrons. The van der Waals surface area contributed by atoms with Gasteiger partial charge in [0.2, 0.25) is 0 Å². The Morgan fingerprint density at radius 1 is 0.889 bits per heavy atom. The van der Waals surface area contributed by atoms with E-state index in [9.17, 15) is 25.2 Å². The molecule has 0 aliphatic rings. The highest BCUT2D eigenvalue weighted by Crippen LogP contribution is 2.41. The molecule has 0 saturated heterocycles. The third kappa shape index (κ3) is 5.01. The van der Waals surface area contributed by atoms with E-state index in [1.807, 2.05) is 21.7 Å². The van der Waals surface area contributed by atoms with Gasteiger partial charge in [-0.2, -0.15) is 0 Å². The fourth-order valence-corrected chi connectivity index (χ4v) is 4.73. The number of fused-ring (bicyclic) bond motifs is 2. The number of aliphatic hydroxyl groups excluding tert-OH is 3. The van der Waals surface area contributed by atoms with Crippen molar-refractivity contribution in [3.63, 3.8) is 0 Å². The van der Waals surface area contributed by atoms with Crippen molar-refractivity contribution < 1.29 is 25.5 Å². The molecule has 0 bridgehead atoms. The van der Waals surface area contributed by atoms with Crippen molar-refractivity contribution in [1.29, 1.82) is 0 Å². The molecular weight excluding hydrogens is 466 g/mol. The molecule has 0 aliphatic carbocycles. The predicted molar refractivity (Wildman–Crippen MR) is 138 cm³/mol. The van der Waals surface area contributed by atoms with Crippen molar-refractivity contribution in [2.45, 2.75) is 13.0 Å². The number of hydrogen-bond acceptors (Lipinski definition) is 9.